The molecule has 0 saturated heterocycles. The summed E-state index contributed by atoms with van der Waals surface area (Å²) in [5.74, 6) is -2.65. The number of imidazole rings is 1. The van der Waals surface area contributed by atoms with Crippen molar-refractivity contribution in [2.75, 3.05) is 11.4 Å². The van der Waals surface area contributed by atoms with Gasteiger partial charge in [-0.05, 0) is 40.0 Å². The second-order valence-corrected chi connectivity index (χ2v) is 8.13. The standard InChI is InChI=1S/C19H19BrF3N7O3/c1-2-3-4-9-28-14-13(25-17(20)26-14)15(31)29-12(10-11-5-7-24-8-6-11)27-30(18(28)29)33-16(32)19(21,22)23/h5-8,18H,2-4,9-10H2,1H3,(H,25,26). The Morgan fingerprint density at radius 3 is 2.67 bits per heavy atom. The smallest absolute Gasteiger partial charge is 0.327 e. The van der Waals surface area contributed by atoms with Crippen LogP contribution in [0.4, 0.5) is 19.0 Å². The molecule has 0 fully saturated rings. The number of fused-ring (bicyclic) bond motifs is 2. The average Bonchev–Trinajstić information content (AvgIpc) is 3.32. The number of carbonyl (C=O) groups excluding carboxylic acids is 2. The number of amides is 1. The summed E-state index contributed by atoms with van der Waals surface area (Å²) < 4.78 is 39.2. The van der Waals surface area contributed by atoms with E-state index < -0.39 is 24.3 Å². The van der Waals surface area contributed by atoms with Crippen LogP contribution in [-0.4, -0.2) is 61.7 Å². The molecule has 0 saturated carbocycles. The lowest BCUT2D eigenvalue weighted by Crippen LogP contribution is -2.60. The fraction of sp³-hybridized carbons (Fsp3) is 0.421. The number of anilines is 1. The number of H-pyrrole nitrogens is 1. The van der Waals surface area contributed by atoms with E-state index in [1.165, 1.54) is 4.90 Å². The molecule has 33 heavy (non-hydrogen) atoms. The normalized spacial score (nSPS) is 17.7. The van der Waals surface area contributed by atoms with Gasteiger partial charge in [0.2, 0.25) is 6.29 Å². The van der Waals surface area contributed by atoms with Gasteiger partial charge in [0.25, 0.3) is 5.91 Å². The van der Waals surface area contributed by atoms with Crippen molar-refractivity contribution in [2.45, 2.75) is 45.1 Å². The molecule has 0 bridgehead atoms. The van der Waals surface area contributed by atoms with Crippen LogP contribution in [0.25, 0.3) is 0 Å². The summed E-state index contributed by atoms with van der Waals surface area (Å²) in [4.78, 5) is 43.5. The van der Waals surface area contributed by atoms with Gasteiger partial charge in [0, 0.05) is 25.4 Å². The van der Waals surface area contributed by atoms with Crippen LogP contribution < -0.4 is 4.90 Å². The van der Waals surface area contributed by atoms with Gasteiger partial charge >= 0.3 is 12.1 Å². The maximum atomic E-state index is 13.3. The number of hydrogen-bond acceptors (Lipinski definition) is 8. The van der Waals surface area contributed by atoms with Gasteiger partial charge in [-0.1, -0.05) is 24.9 Å². The van der Waals surface area contributed by atoms with Gasteiger partial charge in [-0.25, -0.2) is 14.7 Å². The molecule has 2 aliphatic heterocycles. The Labute approximate surface area is 194 Å². The zero-order chi connectivity index (χ0) is 23.8. The number of hydrogen-bond donors (Lipinski definition) is 1. The molecule has 1 unspecified atom stereocenters. The fourth-order valence-electron chi connectivity index (χ4n) is 3.61. The first-order chi connectivity index (χ1) is 15.7. The molecule has 176 valence electrons. The Morgan fingerprint density at radius 2 is 2.00 bits per heavy atom. The van der Waals surface area contributed by atoms with Crippen LogP contribution in [0.15, 0.2) is 34.4 Å². The van der Waals surface area contributed by atoms with Gasteiger partial charge in [-0.15, -0.1) is 5.10 Å². The first-order valence-electron chi connectivity index (χ1n) is 10.1. The van der Waals surface area contributed by atoms with Crippen LogP contribution in [-0.2, 0) is 16.1 Å². The Kier molecular flexibility index (Phi) is 6.28. The summed E-state index contributed by atoms with van der Waals surface area (Å²) in [6.45, 7) is 2.34. The molecular formula is C19H19BrF3N7O3. The number of hydroxylamine groups is 1. The molecule has 10 nitrogen and oxygen atoms in total. The van der Waals surface area contributed by atoms with Crippen molar-refractivity contribution < 1.29 is 27.6 Å². The zero-order valence-electron chi connectivity index (χ0n) is 17.3. The van der Waals surface area contributed by atoms with Gasteiger partial charge in [-0.3, -0.25) is 9.78 Å². The molecule has 14 heteroatoms. The van der Waals surface area contributed by atoms with Crippen LogP contribution in [0.2, 0.25) is 0 Å². The van der Waals surface area contributed by atoms with Gasteiger partial charge < -0.3 is 14.7 Å². The zero-order valence-corrected chi connectivity index (χ0v) is 18.9. The molecule has 0 spiro atoms. The van der Waals surface area contributed by atoms with Gasteiger partial charge in [-0.2, -0.15) is 13.2 Å². The lowest BCUT2D eigenvalue weighted by molar-refractivity contribution is -0.249. The minimum Gasteiger partial charge on any atom is -0.327 e. The van der Waals surface area contributed by atoms with E-state index in [-0.39, 0.29) is 28.5 Å². The van der Waals surface area contributed by atoms with Crippen LogP contribution in [0.5, 0.6) is 0 Å². The first kappa shape index (κ1) is 23.0. The van der Waals surface area contributed by atoms with Crippen molar-refractivity contribution in [3.63, 3.8) is 0 Å². The highest BCUT2D eigenvalue weighted by atomic mass is 79.9. The largest absolute Gasteiger partial charge is 0.493 e. The highest BCUT2D eigenvalue weighted by molar-refractivity contribution is 9.10. The number of hydrazone groups is 1. The van der Waals surface area contributed by atoms with Crippen LogP contribution in [0, 0.1) is 0 Å². The number of nitrogens with zero attached hydrogens (tertiary/aromatic N) is 6. The number of halogens is 4. The molecule has 2 aromatic heterocycles. The summed E-state index contributed by atoms with van der Waals surface area (Å²) in [5, 5.41) is 4.62. The number of aromatic nitrogens is 3. The Bertz CT molecular complexity index is 1080. The fourth-order valence-corrected chi connectivity index (χ4v) is 3.98. The maximum absolute atomic E-state index is 13.3. The van der Waals surface area contributed by atoms with E-state index >= 15 is 0 Å². The van der Waals surface area contributed by atoms with Crippen molar-refractivity contribution in [1.29, 1.82) is 0 Å². The average molecular weight is 530 g/mol. The van der Waals surface area contributed by atoms with E-state index in [4.69, 9.17) is 0 Å². The number of alkyl halides is 3. The van der Waals surface area contributed by atoms with Crippen LogP contribution >= 0.6 is 15.9 Å². The van der Waals surface area contributed by atoms with Crippen molar-refractivity contribution >= 4 is 39.5 Å². The third-order valence-electron chi connectivity index (χ3n) is 5.08. The summed E-state index contributed by atoms with van der Waals surface area (Å²) in [6, 6.07) is 3.38. The lowest BCUT2D eigenvalue weighted by atomic mass is 10.1. The molecular weight excluding hydrogens is 511 g/mol. The quantitative estimate of drug-likeness (QED) is 0.548. The van der Waals surface area contributed by atoms with Crippen molar-refractivity contribution in [3.05, 3.63) is 40.5 Å². The summed E-state index contributed by atoms with van der Waals surface area (Å²) in [6.07, 6.45) is -0.898. The molecule has 1 N–H and O–H groups in total. The van der Waals surface area contributed by atoms with E-state index in [1.54, 1.807) is 29.4 Å². The minimum absolute atomic E-state index is 0.0955. The Hall–Kier alpha value is -3.16. The van der Waals surface area contributed by atoms with E-state index in [2.05, 4.69) is 40.8 Å². The molecule has 4 rings (SSSR count). The minimum atomic E-state index is -5.24. The van der Waals surface area contributed by atoms with Crippen molar-refractivity contribution in [2.24, 2.45) is 5.10 Å². The SMILES string of the molecule is CCCCCN1c2nc(Br)[nH]c2C(=O)N2C(Cc3ccncc3)=NN(OC(=O)C(F)(F)F)C21. The number of amidine groups is 1. The number of pyridine rings is 1. The van der Waals surface area contributed by atoms with E-state index in [0.717, 1.165) is 12.8 Å². The van der Waals surface area contributed by atoms with E-state index in [1.807, 2.05) is 6.92 Å². The van der Waals surface area contributed by atoms with E-state index in [0.29, 0.717) is 23.7 Å². The van der Waals surface area contributed by atoms with Crippen LogP contribution in [0.3, 0.4) is 0 Å². The maximum Gasteiger partial charge on any atom is 0.493 e. The van der Waals surface area contributed by atoms with Gasteiger partial charge in [0.15, 0.2) is 10.6 Å². The molecule has 2 aliphatic rings. The Morgan fingerprint density at radius 1 is 1.27 bits per heavy atom. The second-order valence-electron chi connectivity index (χ2n) is 7.38. The topological polar surface area (TPSA) is 107 Å². The Balaban J connectivity index is 1.75. The van der Waals surface area contributed by atoms with Crippen molar-refractivity contribution in [1.82, 2.24) is 25.0 Å². The predicted molar refractivity (Wildman–Crippen MR) is 112 cm³/mol. The molecule has 2 aromatic rings. The first-order valence-corrected chi connectivity index (χ1v) is 10.9. The third kappa shape index (κ3) is 4.51. The van der Waals surface area contributed by atoms with Gasteiger partial charge in [0.1, 0.15) is 11.5 Å². The summed E-state index contributed by atoms with van der Waals surface area (Å²) in [7, 11) is 0. The molecule has 1 amide bonds. The number of carbonyl (C=O) groups is 2. The van der Waals surface area contributed by atoms with Gasteiger partial charge in [0.05, 0.1) is 0 Å². The van der Waals surface area contributed by atoms with E-state index in [9.17, 15) is 22.8 Å². The highest BCUT2D eigenvalue weighted by Gasteiger charge is 2.52. The number of rotatable bonds is 7. The predicted octanol–water partition coefficient (Wildman–Crippen LogP) is 3.20. The lowest BCUT2D eigenvalue weighted by Gasteiger charge is -2.40. The number of unbranched alkanes of at least 4 members (excludes halogenated alkanes) is 2. The molecule has 0 aromatic carbocycles. The summed E-state index contributed by atoms with van der Waals surface area (Å²) in [5.41, 5.74) is 0.870. The highest BCUT2D eigenvalue weighted by Crippen LogP contribution is 2.36. The van der Waals surface area contributed by atoms with Crippen molar-refractivity contribution in [3.8, 4) is 0 Å². The molecule has 0 aliphatic carbocycles. The number of aromatic amines is 1. The third-order valence-corrected chi connectivity index (χ3v) is 5.46. The second kappa shape index (κ2) is 9.00. The summed E-state index contributed by atoms with van der Waals surface area (Å²) >= 11 is 3.21. The van der Waals surface area contributed by atoms with Crippen LogP contribution in [0.1, 0.15) is 42.2 Å². The molecule has 0 radical (unpaired) electrons. The molecule has 1 atom stereocenters. The monoisotopic (exact) mass is 529 g/mol. The molecule has 4 heterocycles. The number of nitrogens with one attached hydrogen (secondary N) is 1.